The fraction of sp³-hybridized carbons (Fsp3) is 0.696. The van der Waals surface area contributed by atoms with E-state index < -0.39 is 5.60 Å². The average Bonchev–Trinajstić information content (AvgIpc) is 3.22. The van der Waals surface area contributed by atoms with Crippen LogP contribution in [-0.2, 0) is 30.7 Å². The molecule has 2 atom stereocenters. The van der Waals surface area contributed by atoms with Gasteiger partial charge in [0, 0.05) is 18.3 Å². The second-order valence-electron chi connectivity index (χ2n) is 9.74. The van der Waals surface area contributed by atoms with E-state index in [1.807, 2.05) is 50.2 Å². The lowest BCUT2D eigenvalue weighted by molar-refractivity contribution is -0.122. The number of carbonyl (C=O) groups excluding carboxylic acids is 1. The second-order valence-corrected chi connectivity index (χ2v) is 9.74. The van der Waals surface area contributed by atoms with Crippen molar-refractivity contribution in [1.82, 2.24) is 19.6 Å². The smallest absolute Gasteiger partial charge is 0.156 e. The highest BCUT2D eigenvalue weighted by atomic mass is 16.3. The van der Waals surface area contributed by atoms with E-state index >= 15 is 0 Å². The van der Waals surface area contributed by atoms with Gasteiger partial charge in [0.25, 0.3) is 0 Å². The second kappa shape index (κ2) is 9.24. The SMILES string of the molecule is CCc1cnn(CC(C)(O)C(C)(C)CC(C)Cc2cnn(CC(=O)C(C)C)c2)c1. The van der Waals surface area contributed by atoms with Crippen LogP contribution in [0.25, 0.3) is 0 Å². The summed E-state index contributed by atoms with van der Waals surface area (Å²) >= 11 is 0. The number of rotatable bonds is 11. The van der Waals surface area contributed by atoms with Crippen molar-refractivity contribution >= 4 is 5.78 Å². The maximum atomic E-state index is 11.9. The lowest BCUT2D eigenvalue weighted by atomic mass is 9.70. The highest BCUT2D eigenvalue weighted by Crippen LogP contribution is 2.38. The molecule has 2 rings (SSSR count). The third-order valence-electron chi connectivity index (χ3n) is 6.11. The molecule has 0 saturated carbocycles. The molecule has 1 N–H and O–H groups in total. The van der Waals surface area contributed by atoms with Crippen LogP contribution in [0.1, 0.15) is 66.0 Å². The van der Waals surface area contributed by atoms with E-state index in [4.69, 9.17) is 0 Å². The first-order valence-corrected chi connectivity index (χ1v) is 10.7. The molecule has 6 nitrogen and oxygen atoms in total. The molecule has 29 heavy (non-hydrogen) atoms. The molecule has 2 unspecified atom stereocenters. The van der Waals surface area contributed by atoms with E-state index in [0.29, 0.717) is 19.0 Å². The first-order chi connectivity index (χ1) is 13.4. The van der Waals surface area contributed by atoms with Gasteiger partial charge in [0.1, 0.15) is 0 Å². The topological polar surface area (TPSA) is 72.9 Å². The zero-order valence-electron chi connectivity index (χ0n) is 19.1. The summed E-state index contributed by atoms with van der Waals surface area (Å²) in [7, 11) is 0. The van der Waals surface area contributed by atoms with Crippen LogP contribution in [0, 0.1) is 17.3 Å². The van der Waals surface area contributed by atoms with Crippen molar-refractivity contribution in [2.75, 3.05) is 0 Å². The van der Waals surface area contributed by atoms with Gasteiger partial charge in [-0.2, -0.15) is 10.2 Å². The number of aliphatic hydroxyl groups is 1. The summed E-state index contributed by atoms with van der Waals surface area (Å²) in [6.45, 7) is 15.1. The summed E-state index contributed by atoms with van der Waals surface area (Å²) in [6, 6.07) is 0. The molecule has 2 aromatic heterocycles. The van der Waals surface area contributed by atoms with Gasteiger partial charge in [-0.25, -0.2) is 0 Å². The van der Waals surface area contributed by atoms with E-state index in [-0.39, 0.29) is 17.1 Å². The van der Waals surface area contributed by atoms with Crippen molar-refractivity contribution in [2.24, 2.45) is 17.3 Å². The summed E-state index contributed by atoms with van der Waals surface area (Å²) in [5.41, 5.74) is 1.14. The van der Waals surface area contributed by atoms with Crippen molar-refractivity contribution in [3.05, 3.63) is 35.9 Å². The van der Waals surface area contributed by atoms with E-state index in [1.54, 1.807) is 4.68 Å². The lowest BCUT2D eigenvalue weighted by Gasteiger charge is -2.41. The van der Waals surface area contributed by atoms with Crippen LogP contribution < -0.4 is 0 Å². The Balaban J connectivity index is 1.96. The maximum Gasteiger partial charge on any atom is 0.156 e. The minimum Gasteiger partial charge on any atom is -0.388 e. The van der Waals surface area contributed by atoms with Gasteiger partial charge >= 0.3 is 0 Å². The molecule has 0 aromatic carbocycles. The number of hydrogen-bond acceptors (Lipinski definition) is 4. The fourth-order valence-electron chi connectivity index (χ4n) is 3.71. The van der Waals surface area contributed by atoms with Crippen molar-refractivity contribution in [3.63, 3.8) is 0 Å². The highest BCUT2D eigenvalue weighted by molar-refractivity contribution is 5.79. The number of carbonyl (C=O) groups is 1. The largest absolute Gasteiger partial charge is 0.388 e. The molecule has 0 aliphatic carbocycles. The van der Waals surface area contributed by atoms with Gasteiger partial charge in [-0.3, -0.25) is 14.2 Å². The molecule has 0 aliphatic heterocycles. The number of nitrogens with zero attached hydrogens (tertiary/aromatic N) is 4. The predicted octanol–water partition coefficient (Wildman–Crippen LogP) is 3.91. The minimum atomic E-state index is -0.883. The molecule has 2 aromatic rings. The van der Waals surface area contributed by atoms with Crippen LogP contribution in [0.4, 0.5) is 0 Å². The van der Waals surface area contributed by atoms with Crippen molar-refractivity contribution < 1.29 is 9.90 Å². The fourth-order valence-corrected chi connectivity index (χ4v) is 3.71. The van der Waals surface area contributed by atoms with Gasteiger partial charge in [0.15, 0.2) is 5.78 Å². The zero-order valence-corrected chi connectivity index (χ0v) is 19.1. The molecule has 0 aliphatic rings. The number of hydrogen-bond donors (Lipinski definition) is 1. The summed E-state index contributed by atoms with van der Waals surface area (Å²) in [5.74, 6) is 0.585. The Bertz CT molecular complexity index is 801. The molecule has 0 spiro atoms. The highest BCUT2D eigenvalue weighted by Gasteiger charge is 2.40. The summed E-state index contributed by atoms with van der Waals surface area (Å²) < 4.78 is 3.58. The van der Waals surface area contributed by atoms with E-state index in [1.165, 1.54) is 5.56 Å². The van der Waals surface area contributed by atoms with Crippen LogP contribution >= 0.6 is 0 Å². The summed E-state index contributed by atoms with van der Waals surface area (Å²) in [5, 5.41) is 20.0. The molecule has 0 radical (unpaired) electrons. The molecular weight excluding hydrogens is 364 g/mol. The Labute approximate surface area is 175 Å². The van der Waals surface area contributed by atoms with Crippen molar-refractivity contribution in [3.8, 4) is 0 Å². The quantitative estimate of drug-likeness (QED) is 0.618. The lowest BCUT2D eigenvalue weighted by Crippen LogP contribution is -2.46. The van der Waals surface area contributed by atoms with Crippen molar-refractivity contribution in [1.29, 1.82) is 0 Å². The average molecular weight is 403 g/mol. The van der Waals surface area contributed by atoms with Crippen LogP contribution in [0.3, 0.4) is 0 Å². The monoisotopic (exact) mass is 402 g/mol. The van der Waals surface area contributed by atoms with Gasteiger partial charge in [-0.05, 0) is 48.6 Å². The van der Waals surface area contributed by atoms with Crippen LogP contribution in [0.2, 0.25) is 0 Å². The normalized spacial score (nSPS) is 15.5. The number of Topliss-reactive ketones (excluding diaryl/α,β-unsaturated/α-hetero) is 1. The molecule has 162 valence electrons. The minimum absolute atomic E-state index is 0.0211. The summed E-state index contributed by atoms with van der Waals surface area (Å²) in [6.07, 6.45) is 10.4. The number of ketones is 1. The Kier molecular flexibility index (Phi) is 7.44. The molecule has 0 amide bonds. The zero-order chi connectivity index (χ0) is 21.8. The van der Waals surface area contributed by atoms with Gasteiger partial charge in [-0.1, -0.05) is 41.5 Å². The van der Waals surface area contributed by atoms with Gasteiger partial charge in [0.05, 0.1) is 31.1 Å². The van der Waals surface area contributed by atoms with Gasteiger partial charge in [0.2, 0.25) is 0 Å². The first kappa shape index (κ1) is 23.3. The van der Waals surface area contributed by atoms with E-state index in [0.717, 1.165) is 24.8 Å². The molecule has 2 heterocycles. The van der Waals surface area contributed by atoms with E-state index in [9.17, 15) is 9.90 Å². The molecule has 0 saturated heterocycles. The van der Waals surface area contributed by atoms with Crippen molar-refractivity contribution in [2.45, 2.75) is 86.4 Å². The number of aryl methyl sites for hydroxylation is 1. The Morgan fingerprint density at radius 1 is 1.07 bits per heavy atom. The van der Waals surface area contributed by atoms with E-state index in [2.05, 4.69) is 37.9 Å². The van der Waals surface area contributed by atoms with Crippen LogP contribution in [0.15, 0.2) is 24.8 Å². The molecule has 6 heteroatoms. The Morgan fingerprint density at radius 3 is 2.24 bits per heavy atom. The first-order valence-electron chi connectivity index (χ1n) is 10.7. The van der Waals surface area contributed by atoms with Crippen LogP contribution in [0.5, 0.6) is 0 Å². The van der Waals surface area contributed by atoms with Gasteiger partial charge in [-0.15, -0.1) is 0 Å². The molecule has 0 bridgehead atoms. The standard InChI is InChI=1S/C23H38N4O2/c1-8-19-11-25-27(13-19)16-23(7,29)22(5,6)10-18(4)9-20-12-24-26(14-20)15-21(28)17(2)3/h11-14,17-18,29H,8-10,15-16H2,1-7H3. The molecule has 0 fully saturated rings. The Hall–Kier alpha value is -1.95. The summed E-state index contributed by atoms with van der Waals surface area (Å²) in [4.78, 5) is 11.9. The predicted molar refractivity (Wildman–Crippen MR) is 116 cm³/mol. The third-order valence-corrected chi connectivity index (χ3v) is 6.11. The maximum absolute atomic E-state index is 11.9. The number of aromatic nitrogens is 4. The van der Waals surface area contributed by atoms with Gasteiger partial charge < -0.3 is 5.11 Å². The Morgan fingerprint density at radius 2 is 1.66 bits per heavy atom. The third kappa shape index (κ3) is 6.26. The van der Waals surface area contributed by atoms with Crippen LogP contribution in [-0.4, -0.2) is 36.1 Å². The molecular formula is C23H38N4O2.